The molecule has 2 nitrogen and oxygen atoms in total. The molecule has 1 rings (SSSR count). The smallest absolute Gasteiger partial charge is 0.419 e. The van der Waals surface area contributed by atoms with Crippen LogP contribution in [0.5, 0.6) is 5.75 Å². The van der Waals surface area contributed by atoms with E-state index in [1.807, 2.05) is 6.92 Å². The predicted octanol–water partition coefficient (Wildman–Crippen LogP) is 5.34. The standard InChI is InChI=1S/C17H21F3O2/c1-3-4-5-6-7-8-15(17(18,19)20)16(21)13-9-11-14(22-2)12-10-13/h8-12H,3-7H2,1-2H3/b15-8+. The minimum absolute atomic E-state index is 0.0120. The summed E-state index contributed by atoms with van der Waals surface area (Å²) < 4.78 is 44.1. The molecule has 22 heavy (non-hydrogen) atoms. The minimum atomic E-state index is -4.64. The fourth-order valence-corrected chi connectivity index (χ4v) is 2.05. The lowest BCUT2D eigenvalue weighted by Crippen LogP contribution is -2.20. The summed E-state index contributed by atoms with van der Waals surface area (Å²) in [5.41, 5.74) is -1.08. The summed E-state index contributed by atoms with van der Waals surface area (Å²) in [6.07, 6.45) is 0.168. The molecule has 0 heterocycles. The van der Waals surface area contributed by atoms with Crippen molar-refractivity contribution in [3.63, 3.8) is 0 Å². The van der Waals surface area contributed by atoms with Gasteiger partial charge in [-0.1, -0.05) is 32.3 Å². The van der Waals surface area contributed by atoms with Gasteiger partial charge in [0, 0.05) is 5.56 Å². The number of hydrogen-bond acceptors (Lipinski definition) is 2. The topological polar surface area (TPSA) is 26.3 Å². The lowest BCUT2D eigenvalue weighted by Gasteiger charge is -2.11. The van der Waals surface area contributed by atoms with Crippen LogP contribution in [0.4, 0.5) is 13.2 Å². The van der Waals surface area contributed by atoms with E-state index >= 15 is 0 Å². The number of rotatable bonds is 8. The molecule has 0 aromatic heterocycles. The molecule has 0 saturated carbocycles. The zero-order valence-corrected chi connectivity index (χ0v) is 12.9. The van der Waals surface area contributed by atoms with E-state index in [2.05, 4.69) is 0 Å². The molecule has 0 unspecified atom stereocenters. The molecule has 0 atom stereocenters. The summed E-state index contributed by atoms with van der Waals surface area (Å²) in [5.74, 6) is -0.501. The fourth-order valence-electron chi connectivity index (χ4n) is 2.05. The summed E-state index contributed by atoms with van der Waals surface area (Å²) in [6, 6.07) is 5.64. The van der Waals surface area contributed by atoms with Gasteiger partial charge in [-0.25, -0.2) is 0 Å². The van der Waals surface area contributed by atoms with Crippen molar-refractivity contribution in [1.29, 1.82) is 0 Å². The number of carbonyl (C=O) groups excluding carboxylic acids is 1. The van der Waals surface area contributed by atoms with Crippen LogP contribution in [-0.2, 0) is 0 Å². The second kappa shape index (κ2) is 8.61. The van der Waals surface area contributed by atoms with Gasteiger partial charge < -0.3 is 4.74 Å². The number of alkyl halides is 3. The number of ketones is 1. The Morgan fingerprint density at radius 2 is 1.77 bits per heavy atom. The number of hydrogen-bond donors (Lipinski definition) is 0. The highest BCUT2D eigenvalue weighted by molar-refractivity contribution is 6.09. The maximum atomic E-state index is 13.1. The van der Waals surface area contributed by atoms with Gasteiger partial charge in [0.2, 0.25) is 0 Å². The first kappa shape index (κ1) is 18.3. The SMILES string of the molecule is CCCCCC/C=C(\C(=O)c1ccc(OC)cc1)C(F)(F)F. The third-order valence-electron chi connectivity index (χ3n) is 3.31. The average molecular weight is 314 g/mol. The van der Waals surface area contributed by atoms with E-state index < -0.39 is 17.5 Å². The highest BCUT2D eigenvalue weighted by Gasteiger charge is 2.38. The first-order valence-electron chi connectivity index (χ1n) is 7.36. The van der Waals surface area contributed by atoms with Gasteiger partial charge in [-0.3, -0.25) is 4.79 Å². The fraction of sp³-hybridized carbons (Fsp3) is 0.471. The van der Waals surface area contributed by atoms with E-state index in [1.165, 1.54) is 31.4 Å². The largest absolute Gasteiger partial charge is 0.497 e. The van der Waals surface area contributed by atoms with Crippen molar-refractivity contribution in [2.24, 2.45) is 0 Å². The molecule has 0 spiro atoms. The van der Waals surface area contributed by atoms with E-state index in [4.69, 9.17) is 4.74 Å². The van der Waals surface area contributed by atoms with E-state index in [-0.39, 0.29) is 12.0 Å². The molecule has 1 aromatic rings. The van der Waals surface area contributed by atoms with Crippen LogP contribution >= 0.6 is 0 Å². The van der Waals surface area contributed by atoms with Gasteiger partial charge in [0.25, 0.3) is 0 Å². The highest BCUT2D eigenvalue weighted by Crippen LogP contribution is 2.29. The maximum Gasteiger partial charge on any atom is 0.419 e. The Hall–Kier alpha value is -1.78. The van der Waals surface area contributed by atoms with Crippen molar-refractivity contribution in [3.05, 3.63) is 41.5 Å². The lowest BCUT2D eigenvalue weighted by molar-refractivity contribution is -0.0890. The van der Waals surface area contributed by atoms with Crippen LogP contribution < -0.4 is 4.74 Å². The third-order valence-corrected chi connectivity index (χ3v) is 3.31. The molecular formula is C17H21F3O2. The number of unbranched alkanes of at least 4 members (excludes halogenated alkanes) is 4. The molecule has 0 bridgehead atoms. The first-order valence-corrected chi connectivity index (χ1v) is 7.36. The molecule has 0 amide bonds. The van der Waals surface area contributed by atoms with E-state index in [0.29, 0.717) is 12.2 Å². The van der Waals surface area contributed by atoms with Crippen LogP contribution in [0.15, 0.2) is 35.9 Å². The van der Waals surface area contributed by atoms with Gasteiger partial charge in [0.15, 0.2) is 5.78 Å². The number of benzene rings is 1. The Kier molecular flexibility index (Phi) is 7.15. The molecule has 0 aliphatic rings. The summed E-state index contributed by atoms with van der Waals surface area (Å²) in [7, 11) is 1.45. The Morgan fingerprint density at radius 1 is 1.14 bits per heavy atom. The van der Waals surface area contributed by atoms with Gasteiger partial charge in [0.1, 0.15) is 5.75 Å². The van der Waals surface area contributed by atoms with Crippen molar-refractivity contribution in [3.8, 4) is 5.75 Å². The molecule has 0 radical (unpaired) electrons. The molecule has 0 saturated heterocycles. The Morgan fingerprint density at radius 3 is 2.27 bits per heavy atom. The van der Waals surface area contributed by atoms with Gasteiger partial charge >= 0.3 is 6.18 Å². The van der Waals surface area contributed by atoms with Crippen LogP contribution in [-0.4, -0.2) is 19.1 Å². The lowest BCUT2D eigenvalue weighted by atomic mass is 10.0. The van der Waals surface area contributed by atoms with Crippen LogP contribution in [0.25, 0.3) is 0 Å². The quantitative estimate of drug-likeness (QED) is 0.368. The van der Waals surface area contributed by atoms with Crippen molar-refractivity contribution in [2.75, 3.05) is 7.11 Å². The van der Waals surface area contributed by atoms with Crippen LogP contribution in [0.1, 0.15) is 49.4 Å². The summed E-state index contributed by atoms with van der Waals surface area (Å²) >= 11 is 0. The molecule has 0 N–H and O–H groups in total. The Labute approximate surface area is 129 Å². The van der Waals surface area contributed by atoms with Crippen molar-refractivity contribution in [2.45, 2.75) is 45.2 Å². The molecule has 0 aliphatic carbocycles. The van der Waals surface area contributed by atoms with Gasteiger partial charge in [-0.05, 0) is 37.1 Å². The summed E-state index contributed by atoms with van der Waals surface area (Å²) in [5, 5.41) is 0. The highest BCUT2D eigenvalue weighted by atomic mass is 19.4. The van der Waals surface area contributed by atoms with Crippen LogP contribution in [0.2, 0.25) is 0 Å². The summed E-state index contributed by atoms with van der Waals surface area (Å²) in [6.45, 7) is 2.03. The maximum absolute atomic E-state index is 13.1. The Balaban J connectivity index is 2.86. The first-order chi connectivity index (χ1) is 10.4. The Bertz CT molecular complexity index is 502. The molecule has 1 aromatic carbocycles. The van der Waals surface area contributed by atoms with Crippen LogP contribution in [0.3, 0.4) is 0 Å². The van der Waals surface area contributed by atoms with E-state index in [0.717, 1.165) is 25.3 Å². The van der Waals surface area contributed by atoms with Crippen molar-refractivity contribution in [1.82, 2.24) is 0 Å². The monoisotopic (exact) mass is 314 g/mol. The number of Topliss-reactive ketones (excluding diaryl/α,β-unsaturated/α-hetero) is 1. The van der Waals surface area contributed by atoms with Gasteiger partial charge in [0.05, 0.1) is 12.7 Å². The predicted molar refractivity (Wildman–Crippen MR) is 80.2 cm³/mol. The number of allylic oxidation sites excluding steroid dienone is 2. The molecule has 5 heteroatoms. The molecule has 0 fully saturated rings. The third kappa shape index (κ3) is 5.54. The van der Waals surface area contributed by atoms with E-state index in [1.54, 1.807) is 0 Å². The summed E-state index contributed by atoms with van der Waals surface area (Å²) in [4.78, 5) is 12.1. The van der Waals surface area contributed by atoms with Crippen molar-refractivity contribution >= 4 is 5.78 Å². The molecule has 0 aliphatic heterocycles. The van der Waals surface area contributed by atoms with Gasteiger partial charge in [-0.15, -0.1) is 0 Å². The average Bonchev–Trinajstić information content (AvgIpc) is 2.49. The van der Waals surface area contributed by atoms with E-state index in [9.17, 15) is 18.0 Å². The zero-order chi connectivity index (χ0) is 16.6. The second-order valence-corrected chi connectivity index (χ2v) is 5.02. The minimum Gasteiger partial charge on any atom is -0.497 e. The molecule has 122 valence electrons. The number of methoxy groups -OCH3 is 1. The number of carbonyl (C=O) groups is 1. The van der Waals surface area contributed by atoms with Crippen LogP contribution in [0, 0.1) is 0 Å². The van der Waals surface area contributed by atoms with Gasteiger partial charge in [-0.2, -0.15) is 13.2 Å². The van der Waals surface area contributed by atoms with Crippen molar-refractivity contribution < 1.29 is 22.7 Å². The normalized spacial score (nSPS) is 12.3. The second-order valence-electron chi connectivity index (χ2n) is 5.02. The molecular weight excluding hydrogens is 293 g/mol. The number of ether oxygens (including phenoxy) is 1. The number of halogens is 3. The zero-order valence-electron chi connectivity index (χ0n) is 12.9.